The van der Waals surface area contributed by atoms with Gasteiger partial charge in [-0.15, -0.1) is 0 Å². The summed E-state index contributed by atoms with van der Waals surface area (Å²) in [5, 5.41) is 11.4. The summed E-state index contributed by atoms with van der Waals surface area (Å²) in [5.41, 5.74) is 1.50. The van der Waals surface area contributed by atoms with Crippen molar-refractivity contribution < 1.29 is 14.6 Å². The summed E-state index contributed by atoms with van der Waals surface area (Å²) in [6.45, 7) is 0. The van der Waals surface area contributed by atoms with Gasteiger partial charge in [0.2, 0.25) is 0 Å². The Kier molecular flexibility index (Phi) is 4.11. The van der Waals surface area contributed by atoms with Gasteiger partial charge < -0.3 is 9.84 Å². The Morgan fingerprint density at radius 2 is 1.65 bits per heavy atom. The fourth-order valence-corrected chi connectivity index (χ4v) is 2.37. The van der Waals surface area contributed by atoms with Gasteiger partial charge >= 0.3 is 0 Å². The summed E-state index contributed by atoms with van der Waals surface area (Å²) in [6, 6.07) is 18.1. The van der Waals surface area contributed by atoms with E-state index in [1.165, 1.54) is 18.2 Å². The van der Waals surface area contributed by atoms with Gasteiger partial charge in [0.05, 0.1) is 7.11 Å². The lowest BCUT2D eigenvalue weighted by Gasteiger charge is -2.03. The van der Waals surface area contributed by atoms with Crippen LogP contribution in [0.2, 0.25) is 0 Å². The van der Waals surface area contributed by atoms with E-state index in [2.05, 4.69) is 0 Å². The van der Waals surface area contributed by atoms with Crippen molar-refractivity contribution in [1.82, 2.24) is 0 Å². The first-order valence-electron chi connectivity index (χ1n) is 7.25. The topological polar surface area (TPSA) is 46.5 Å². The van der Waals surface area contributed by atoms with Crippen LogP contribution in [-0.2, 0) is 0 Å². The first kappa shape index (κ1) is 14.9. The van der Waals surface area contributed by atoms with E-state index in [4.69, 9.17) is 4.74 Å². The fraction of sp³-hybridized carbons (Fsp3) is 0.0500. The number of carbonyl (C=O) groups excluding carboxylic acids is 1. The Balaban J connectivity index is 1.83. The third kappa shape index (κ3) is 3.40. The second-order valence-electron chi connectivity index (χ2n) is 5.22. The normalized spacial score (nSPS) is 11.0. The Bertz CT molecular complexity index is 877. The van der Waals surface area contributed by atoms with Crippen LogP contribution in [0.3, 0.4) is 0 Å². The Morgan fingerprint density at radius 3 is 2.39 bits per heavy atom. The van der Waals surface area contributed by atoms with E-state index >= 15 is 0 Å². The average Bonchev–Trinajstić information content (AvgIpc) is 2.59. The molecule has 0 aliphatic rings. The monoisotopic (exact) mass is 304 g/mol. The molecule has 1 N–H and O–H groups in total. The zero-order valence-electron chi connectivity index (χ0n) is 12.7. The van der Waals surface area contributed by atoms with Crippen LogP contribution in [0.15, 0.2) is 66.7 Å². The van der Waals surface area contributed by atoms with E-state index in [9.17, 15) is 9.90 Å². The van der Waals surface area contributed by atoms with Crippen LogP contribution in [0.5, 0.6) is 11.5 Å². The second kappa shape index (κ2) is 6.36. The molecule has 0 aromatic heterocycles. The summed E-state index contributed by atoms with van der Waals surface area (Å²) in [4.78, 5) is 12.1. The van der Waals surface area contributed by atoms with Gasteiger partial charge in [0.1, 0.15) is 11.5 Å². The zero-order valence-corrected chi connectivity index (χ0v) is 12.7. The molecule has 0 fully saturated rings. The van der Waals surface area contributed by atoms with Gasteiger partial charge in [-0.3, -0.25) is 4.79 Å². The third-order valence-electron chi connectivity index (χ3n) is 3.65. The number of phenols is 1. The predicted molar refractivity (Wildman–Crippen MR) is 92.0 cm³/mol. The summed E-state index contributed by atoms with van der Waals surface area (Å²) >= 11 is 0. The molecule has 3 aromatic rings. The number of carbonyl (C=O) groups is 1. The lowest BCUT2D eigenvalue weighted by Crippen LogP contribution is -1.92. The highest BCUT2D eigenvalue weighted by Gasteiger charge is 2.02. The SMILES string of the molecule is COc1ccc2cc(C=CC(=O)c3ccc(O)cc3)ccc2c1. The standard InChI is InChI=1S/C20H16O3/c1-23-19-10-7-16-12-14(2-4-17(16)13-19)3-11-20(22)15-5-8-18(21)9-6-15/h2-13,21H,1H3. The maximum Gasteiger partial charge on any atom is 0.185 e. The predicted octanol–water partition coefficient (Wildman–Crippen LogP) is 4.45. The number of benzene rings is 3. The van der Waals surface area contributed by atoms with Crippen LogP contribution in [-0.4, -0.2) is 18.0 Å². The highest BCUT2D eigenvalue weighted by Crippen LogP contribution is 2.22. The van der Waals surface area contributed by atoms with E-state index < -0.39 is 0 Å². The minimum Gasteiger partial charge on any atom is -0.508 e. The number of hydrogen-bond acceptors (Lipinski definition) is 3. The molecule has 0 heterocycles. The molecule has 0 amide bonds. The summed E-state index contributed by atoms with van der Waals surface area (Å²) in [5.74, 6) is 0.874. The number of allylic oxidation sites excluding steroid dienone is 1. The molecule has 114 valence electrons. The zero-order chi connectivity index (χ0) is 16.2. The molecule has 0 aliphatic heterocycles. The number of rotatable bonds is 4. The average molecular weight is 304 g/mol. The molecule has 0 saturated heterocycles. The number of ketones is 1. The van der Waals surface area contributed by atoms with Crippen LogP contribution in [0.1, 0.15) is 15.9 Å². The smallest absolute Gasteiger partial charge is 0.185 e. The molecule has 0 unspecified atom stereocenters. The first-order chi connectivity index (χ1) is 11.2. The Labute approximate surface area is 134 Å². The molecule has 3 aromatic carbocycles. The van der Waals surface area contributed by atoms with Crippen molar-refractivity contribution in [2.75, 3.05) is 7.11 Å². The van der Waals surface area contributed by atoms with E-state index in [0.29, 0.717) is 5.56 Å². The summed E-state index contributed by atoms with van der Waals surface area (Å²) in [7, 11) is 1.65. The van der Waals surface area contributed by atoms with Crippen LogP contribution < -0.4 is 4.74 Å². The fourth-order valence-electron chi connectivity index (χ4n) is 2.37. The van der Waals surface area contributed by atoms with E-state index in [-0.39, 0.29) is 11.5 Å². The van der Waals surface area contributed by atoms with E-state index in [1.54, 1.807) is 25.3 Å². The highest BCUT2D eigenvalue weighted by molar-refractivity contribution is 6.07. The quantitative estimate of drug-likeness (QED) is 0.572. The van der Waals surface area contributed by atoms with Crippen LogP contribution in [0.4, 0.5) is 0 Å². The van der Waals surface area contributed by atoms with Gasteiger partial charge in [0.25, 0.3) is 0 Å². The second-order valence-corrected chi connectivity index (χ2v) is 5.22. The lowest BCUT2D eigenvalue weighted by atomic mass is 10.0. The van der Waals surface area contributed by atoms with Gasteiger partial charge in [-0.2, -0.15) is 0 Å². The van der Waals surface area contributed by atoms with Crippen molar-refractivity contribution in [1.29, 1.82) is 0 Å². The number of phenolic OH excluding ortho intramolecular Hbond substituents is 1. The molecule has 0 radical (unpaired) electrons. The maximum atomic E-state index is 12.1. The van der Waals surface area contributed by atoms with Crippen molar-refractivity contribution in [3.05, 3.63) is 77.9 Å². The molecule has 3 heteroatoms. The lowest BCUT2D eigenvalue weighted by molar-refractivity contribution is 0.104. The van der Waals surface area contributed by atoms with Gasteiger partial charge in [0.15, 0.2) is 5.78 Å². The molecule has 0 aliphatic carbocycles. The molecule has 23 heavy (non-hydrogen) atoms. The molecule has 3 rings (SSSR count). The summed E-state index contributed by atoms with van der Waals surface area (Å²) in [6.07, 6.45) is 3.33. The van der Waals surface area contributed by atoms with Crippen molar-refractivity contribution in [2.24, 2.45) is 0 Å². The molecule has 0 spiro atoms. The number of aromatic hydroxyl groups is 1. The van der Waals surface area contributed by atoms with Crippen LogP contribution in [0, 0.1) is 0 Å². The van der Waals surface area contributed by atoms with Gasteiger partial charge in [0, 0.05) is 5.56 Å². The van der Waals surface area contributed by atoms with Crippen LogP contribution >= 0.6 is 0 Å². The highest BCUT2D eigenvalue weighted by atomic mass is 16.5. The van der Waals surface area contributed by atoms with Crippen LogP contribution in [0.25, 0.3) is 16.8 Å². The Hall–Kier alpha value is -3.07. The number of fused-ring (bicyclic) bond motifs is 1. The molecule has 0 bridgehead atoms. The van der Waals surface area contributed by atoms with E-state index in [1.807, 2.05) is 36.4 Å². The molecule has 0 saturated carbocycles. The number of hydrogen-bond donors (Lipinski definition) is 1. The maximum absolute atomic E-state index is 12.1. The molecular weight excluding hydrogens is 288 g/mol. The van der Waals surface area contributed by atoms with Gasteiger partial charge in [-0.25, -0.2) is 0 Å². The Morgan fingerprint density at radius 1 is 0.957 bits per heavy atom. The number of ether oxygens (including phenoxy) is 1. The van der Waals surface area contributed by atoms with Gasteiger partial charge in [-0.1, -0.05) is 24.3 Å². The first-order valence-corrected chi connectivity index (χ1v) is 7.25. The van der Waals surface area contributed by atoms with E-state index in [0.717, 1.165) is 22.1 Å². The molecule has 0 atom stereocenters. The minimum absolute atomic E-state index is 0.0974. The summed E-state index contributed by atoms with van der Waals surface area (Å²) < 4.78 is 5.21. The molecular formula is C20H16O3. The van der Waals surface area contributed by atoms with Crippen molar-refractivity contribution in [2.45, 2.75) is 0 Å². The van der Waals surface area contributed by atoms with Crippen molar-refractivity contribution in [3.63, 3.8) is 0 Å². The van der Waals surface area contributed by atoms with Gasteiger partial charge in [-0.05, 0) is 64.9 Å². The van der Waals surface area contributed by atoms with Crippen molar-refractivity contribution >= 4 is 22.6 Å². The molecule has 3 nitrogen and oxygen atoms in total. The minimum atomic E-state index is -0.0974. The number of methoxy groups -OCH3 is 1. The van der Waals surface area contributed by atoms with Crippen molar-refractivity contribution in [3.8, 4) is 11.5 Å². The largest absolute Gasteiger partial charge is 0.508 e. The third-order valence-corrected chi connectivity index (χ3v) is 3.65.